The fourth-order valence-electron chi connectivity index (χ4n) is 4.05. The number of esters is 1. The number of hydrogen-bond donors (Lipinski definition) is 0. The molecule has 0 aromatic heterocycles. The van der Waals surface area contributed by atoms with E-state index in [-0.39, 0.29) is 11.5 Å². The zero-order valence-corrected chi connectivity index (χ0v) is 18.9. The molecule has 1 aliphatic heterocycles. The molecule has 1 aliphatic rings. The molecule has 0 aliphatic carbocycles. The van der Waals surface area contributed by atoms with Gasteiger partial charge in [-0.25, -0.2) is 4.79 Å². The fourth-order valence-corrected chi connectivity index (χ4v) is 4.05. The highest BCUT2D eigenvalue weighted by Crippen LogP contribution is 2.38. The van der Waals surface area contributed by atoms with Crippen molar-refractivity contribution in [2.75, 3.05) is 0 Å². The number of ether oxygens (including phenoxy) is 2. The van der Waals surface area contributed by atoms with Gasteiger partial charge in [-0.05, 0) is 59.9 Å². The smallest absolute Gasteiger partial charge is 0.343 e. The summed E-state index contributed by atoms with van der Waals surface area (Å²) in [6.07, 6.45) is 1.73. The van der Waals surface area contributed by atoms with E-state index in [1.54, 1.807) is 30.3 Å². The number of hydrogen-bond acceptors (Lipinski definition) is 4. The highest BCUT2D eigenvalue weighted by Gasteiger charge is 2.30. The number of rotatable bonds is 4. The Bertz CT molecular complexity index is 1430. The van der Waals surface area contributed by atoms with Crippen LogP contribution in [-0.4, -0.2) is 11.8 Å². The Labute approximate surface area is 198 Å². The maximum Gasteiger partial charge on any atom is 0.343 e. The molecule has 0 atom stereocenters. The first-order chi connectivity index (χ1) is 16.5. The Morgan fingerprint density at radius 3 is 2.21 bits per heavy atom. The van der Waals surface area contributed by atoms with Gasteiger partial charge in [0.05, 0.1) is 11.1 Å². The van der Waals surface area contributed by atoms with E-state index >= 15 is 0 Å². The Morgan fingerprint density at radius 1 is 0.794 bits per heavy atom. The van der Waals surface area contributed by atoms with Crippen LogP contribution in [0.1, 0.15) is 37.4 Å². The summed E-state index contributed by atoms with van der Waals surface area (Å²) in [6.45, 7) is 3.67. The van der Waals surface area contributed by atoms with E-state index in [9.17, 15) is 9.59 Å². The largest absolute Gasteiger partial charge is 0.452 e. The van der Waals surface area contributed by atoms with Crippen LogP contribution in [0.4, 0.5) is 0 Å². The number of fused-ring (bicyclic) bond motifs is 1. The van der Waals surface area contributed by atoms with Crippen LogP contribution >= 0.6 is 0 Å². The number of allylic oxidation sites excluding steroid dienone is 1. The number of carbonyl (C=O) groups is 2. The molecule has 4 aromatic carbocycles. The van der Waals surface area contributed by atoms with Crippen molar-refractivity contribution < 1.29 is 19.1 Å². The average Bonchev–Trinajstić information content (AvgIpc) is 3.15. The van der Waals surface area contributed by atoms with Crippen molar-refractivity contribution in [1.82, 2.24) is 0 Å². The van der Waals surface area contributed by atoms with E-state index in [4.69, 9.17) is 9.47 Å². The van der Waals surface area contributed by atoms with Gasteiger partial charge in [-0.1, -0.05) is 72.8 Å². The van der Waals surface area contributed by atoms with Gasteiger partial charge < -0.3 is 9.47 Å². The second kappa shape index (κ2) is 8.83. The van der Waals surface area contributed by atoms with Gasteiger partial charge in [-0.2, -0.15) is 0 Å². The number of benzene rings is 4. The second-order valence-corrected chi connectivity index (χ2v) is 8.25. The molecule has 0 amide bonds. The Balaban J connectivity index is 1.38. The third-order valence-electron chi connectivity index (χ3n) is 5.83. The van der Waals surface area contributed by atoms with E-state index in [1.807, 2.05) is 68.4 Å². The van der Waals surface area contributed by atoms with Gasteiger partial charge in [0.15, 0.2) is 5.76 Å². The van der Waals surface area contributed by atoms with Crippen molar-refractivity contribution in [3.8, 4) is 22.6 Å². The molecule has 0 N–H and O–H groups in total. The van der Waals surface area contributed by atoms with Crippen LogP contribution < -0.4 is 9.47 Å². The predicted molar refractivity (Wildman–Crippen MR) is 132 cm³/mol. The standard InChI is InChI=1S/C30H22O4/c1-19-8-6-7-11-25(19)30(32)33-24-16-20(2)28-26(18-24)34-27(29(28)31)17-21-12-14-23(15-13-21)22-9-4-3-5-10-22/h3-18H,1-2H3/b27-17-. The molecule has 0 saturated heterocycles. The highest BCUT2D eigenvalue weighted by molar-refractivity contribution is 6.15. The maximum absolute atomic E-state index is 13.0. The van der Waals surface area contributed by atoms with Crippen LogP contribution in [0, 0.1) is 13.8 Å². The van der Waals surface area contributed by atoms with Crippen molar-refractivity contribution in [3.05, 3.63) is 125 Å². The lowest BCUT2D eigenvalue weighted by atomic mass is 10.0. The summed E-state index contributed by atoms with van der Waals surface area (Å²) in [4.78, 5) is 25.6. The van der Waals surface area contributed by atoms with E-state index < -0.39 is 5.97 Å². The first-order valence-corrected chi connectivity index (χ1v) is 11.0. The van der Waals surface area contributed by atoms with Gasteiger partial charge in [0.25, 0.3) is 0 Å². The summed E-state index contributed by atoms with van der Waals surface area (Å²) in [5.41, 5.74) is 5.60. The van der Waals surface area contributed by atoms with Gasteiger partial charge >= 0.3 is 5.97 Å². The SMILES string of the molecule is Cc1ccccc1C(=O)Oc1cc(C)c2c(c1)O/C(=C\c1ccc(-c3ccccc3)cc1)C2=O. The van der Waals surface area contributed by atoms with E-state index in [2.05, 4.69) is 12.1 Å². The molecule has 1 heterocycles. The minimum absolute atomic E-state index is 0.184. The first-order valence-electron chi connectivity index (χ1n) is 11.0. The third kappa shape index (κ3) is 4.14. The molecular formula is C30H22O4. The van der Waals surface area contributed by atoms with Crippen molar-refractivity contribution in [2.24, 2.45) is 0 Å². The lowest BCUT2D eigenvalue weighted by molar-refractivity contribution is 0.0733. The Kier molecular flexibility index (Phi) is 5.56. The molecule has 34 heavy (non-hydrogen) atoms. The van der Waals surface area contributed by atoms with Crippen LogP contribution in [0.15, 0.2) is 96.8 Å². The topological polar surface area (TPSA) is 52.6 Å². The van der Waals surface area contributed by atoms with Crippen molar-refractivity contribution in [1.29, 1.82) is 0 Å². The highest BCUT2D eigenvalue weighted by atomic mass is 16.5. The Hall–Kier alpha value is -4.44. The quantitative estimate of drug-likeness (QED) is 0.196. The summed E-state index contributed by atoms with van der Waals surface area (Å²) in [5, 5.41) is 0. The molecule has 5 rings (SSSR count). The Morgan fingerprint density at radius 2 is 1.47 bits per heavy atom. The zero-order chi connectivity index (χ0) is 23.7. The normalized spacial score (nSPS) is 13.5. The maximum atomic E-state index is 13.0. The molecule has 4 nitrogen and oxygen atoms in total. The summed E-state index contributed by atoms with van der Waals surface area (Å²) in [6, 6.07) is 28.6. The molecule has 4 heteroatoms. The molecule has 0 radical (unpaired) electrons. The van der Waals surface area contributed by atoms with Gasteiger partial charge in [0, 0.05) is 6.07 Å². The molecule has 0 saturated carbocycles. The van der Waals surface area contributed by atoms with Crippen molar-refractivity contribution in [2.45, 2.75) is 13.8 Å². The monoisotopic (exact) mass is 446 g/mol. The number of Topliss-reactive ketones (excluding diaryl/α,β-unsaturated/α-hetero) is 1. The van der Waals surface area contributed by atoms with Crippen LogP contribution in [0.25, 0.3) is 17.2 Å². The minimum Gasteiger partial charge on any atom is -0.452 e. The second-order valence-electron chi connectivity index (χ2n) is 8.25. The van der Waals surface area contributed by atoms with Gasteiger partial charge in [-0.3, -0.25) is 4.79 Å². The summed E-state index contributed by atoms with van der Waals surface area (Å²) < 4.78 is 11.5. The van der Waals surface area contributed by atoms with E-state index in [1.165, 1.54) is 0 Å². The first kappa shape index (κ1) is 21.4. The third-order valence-corrected chi connectivity index (χ3v) is 5.83. The summed E-state index contributed by atoms with van der Waals surface area (Å²) in [7, 11) is 0. The van der Waals surface area contributed by atoms with Gasteiger partial charge in [0.1, 0.15) is 11.5 Å². The number of carbonyl (C=O) groups excluding carboxylic acids is 2. The van der Waals surface area contributed by atoms with Crippen molar-refractivity contribution in [3.63, 3.8) is 0 Å². The van der Waals surface area contributed by atoms with E-state index in [0.717, 1.165) is 22.3 Å². The van der Waals surface area contributed by atoms with Crippen LogP contribution in [-0.2, 0) is 0 Å². The molecule has 0 spiro atoms. The minimum atomic E-state index is -0.448. The van der Waals surface area contributed by atoms with Crippen molar-refractivity contribution >= 4 is 17.8 Å². The molecule has 0 unspecified atom stereocenters. The lowest BCUT2D eigenvalue weighted by Crippen LogP contribution is -2.10. The van der Waals surface area contributed by atoms with Crippen LogP contribution in [0.2, 0.25) is 0 Å². The molecule has 0 bridgehead atoms. The molecule has 4 aromatic rings. The molecular weight excluding hydrogens is 424 g/mol. The number of aryl methyl sites for hydroxylation is 2. The van der Waals surface area contributed by atoms with Gasteiger partial charge in [-0.15, -0.1) is 0 Å². The summed E-state index contributed by atoms with van der Waals surface area (Å²) in [5.74, 6) is 0.343. The molecule has 166 valence electrons. The number of ketones is 1. The van der Waals surface area contributed by atoms with Gasteiger partial charge in [0.2, 0.25) is 5.78 Å². The lowest BCUT2D eigenvalue weighted by Gasteiger charge is -2.09. The van der Waals surface area contributed by atoms with Crippen LogP contribution in [0.3, 0.4) is 0 Å². The zero-order valence-electron chi connectivity index (χ0n) is 18.9. The van der Waals surface area contributed by atoms with Crippen LogP contribution in [0.5, 0.6) is 11.5 Å². The van der Waals surface area contributed by atoms with E-state index in [0.29, 0.717) is 28.2 Å². The summed E-state index contributed by atoms with van der Waals surface area (Å²) >= 11 is 0. The average molecular weight is 447 g/mol. The predicted octanol–water partition coefficient (Wildman–Crippen LogP) is 6.81. The molecule has 0 fully saturated rings. The fraction of sp³-hybridized carbons (Fsp3) is 0.0667.